The number of hydrogen-bond acceptors (Lipinski definition) is 5. The van der Waals surface area contributed by atoms with Crippen LogP contribution in [-0.2, 0) is 17.1 Å². The summed E-state index contributed by atoms with van der Waals surface area (Å²) in [6.07, 6.45) is 5.21. The van der Waals surface area contributed by atoms with Crippen molar-refractivity contribution in [3.8, 4) is 17.0 Å². The van der Waals surface area contributed by atoms with E-state index in [0.29, 0.717) is 22.5 Å². The van der Waals surface area contributed by atoms with E-state index in [9.17, 15) is 8.42 Å². The number of nitrogens with zero attached hydrogens (tertiary/aromatic N) is 4. The lowest BCUT2D eigenvalue weighted by atomic mass is 10.1. The van der Waals surface area contributed by atoms with Gasteiger partial charge in [0.05, 0.1) is 29.4 Å². The molecule has 0 saturated heterocycles. The second-order valence-corrected chi connectivity index (χ2v) is 10.1. The van der Waals surface area contributed by atoms with Crippen LogP contribution in [0.4, 0.5) is 0 Å². The molecule has 170 valence electrons. The van der Waals surface area contributed by atoms with Gasteiger partial charge in [0, 0.05) is 46.7 Å². The number of ether oxygens (including phenoxy) is 1. The van der Waals surface area contributed by atoms with Crippen molar-refractivity contribution in [2.45, 2.75) is 11.8 Å². The van der Waals surface area contributed by atoms with Gasteiger partial charge in [0.15, 0.2) is 5.65 Å². The molecule has 8 nitrogen and oxygen atoms in total. The first-order chi connectivity index (χ1) is 16.4. The van der Waals surface area contributed by atoms with E-state index < -0.39 is 10.0 Å². The molecule has 4 heterocycles. The van der Waals surface area contributed by atoms with Gasteiger partial charge in [-0.05, 0) is 43.3 Å². The molecule has 2 aromatic carbocycles. The zero-order valence-electron chi connectivity index (χ0n) is 18.8. The van der Waals surface area contributed by atoms with Crippen LogP contribution in [0.15, 0.2) is 72.0 Å². The molecule has 0 bridgehead atoms. The van der Waals surface area contributed by atoms with Gasteiger partial charge >= 0.3 is 0 Å². The number of nitrogens with one attached hydrogen (secondary N) is 1. The van der Waals surface area contributed by atoms with Gasteiger partial charge in [-0.15, -0.1) is 0 Å². The van der Waals surface area contributed by atoms with Crippen molar-refractivity contribution < 1.29 is 13.2 Å². The maximum atomic E-state index is 14.0. The Kier molecular flexibility index (Phi) is 4.34. The first-order valence-electron chi connectivity index (χ1n) is 10.7. The van der Waals surface area contributed by atoms with E-state index in [1.165, 1.54) is 3.97 Å². The van der Waals surface area contributed by atoms with E-state index in [-0.39, 0.29) is 4.90 Å². The number of H-pyrrole nitrogens is 1. The van der Waals surface area contributed by atoms with Crippen molar-refractivity contribution in [3.63, 3.8) is 0 Å². The summed E-state index contributed by atoms with van der Waals surface area (Å²) in [5.41, 5.74) is 4.27. The summed E-state index contributed by atoms with van der Waals surface area (Å²) >= 11 is 0. The molecule has 0 amide bonds. The van der Waals surface area contributed by atoms with Gasteiger partial charge in [0.1, 0.15) is 5.75 Å². The zero-order chi connectivity index (χ0) is 23.6. The van der Waals surface area contributed by atoms with Gasteiger partial charge in [0.2, 0.25) is 0 Å². The molecule has 4 aromatic heterocycles. The van der Waals surface area contributed by atoms with Crippen LogP contribution in [-0.4, -0.2) is 39.2 Å². The molecular formula is C25H21N5O3S. The van der Waals surface area contributed by atoms with Crippen LogP contribution in [0.1, 0.15) is 5.56 Å². The number of benzene rings is 2. The molecule has 6 rings (SSSR count). The lowest BCUT2D eigenvalue weighted by Crippen LogP contribution is -2.14. The Morgan fingerprint density at radius 1 is 1.00 bits per heavy atom. The van der Waals surface area contributed by atoms with Gasteiger partial charge in [-0.25, -0.2) is 17.4 Å². The standard InChI is InChI=1S/C25H21N5O3S/c1-15-4-7-18(8-5-15)34(31,32)30-23(21-14-26-22-9-6-17(33-3)10-19(21)22)11-20-24-16(12-27-25(20)30)13-28-29(24)2/h4-14,26H,1-3H3. The van der Waals surface area contributed by atoms with Gasteiger partial charge in [0.25, 0.3) is 10.0 Å². The van der Waals surface area contributed by atoms with E-state index in [4.69, 9.17) is 4.74 Å². The molecule has 6 aromatic rings. The average Bonchev–Trinajstić information content (AvgIpc) is 3.53. The maximum absolute atomic E-state index is 14.0. The minimum Gasteiger partial charge on any atom is -0.497 e. The Morgan fingerprint density at radius 3 is 2.56 bits per heavy atom. The molecule has 0 atom stereocenters. The predicted molar refractivity (Wildman–Crippen MR) is 132 cm³/mol. The van der Waals surface area contributed by atoms with Gasteiger partial charge in [-0.3, -0.25) is 4.68 Å². The van der Waals surface area contributed by atoms with Crippen LogP contribution >= 0.6 is 0 Å². The molecule has 0 fully saturated rings. The molecule has 0 radical (unpaired) electrons. The zero-order valence-corrected chi connectivity index (χ0v) is 19.6. The Balaban J connectivity index is 1.75. The van der Waals surface area contributed by atoms with E-state index >= 15 is 0 Å². The highest BCUT2D eigenvalue weighted by Gasteiger charge is 2.27. The number of aromatic nitrogens is 5. The van der Waals surface area contributed by atoms with Crippen molar-refractivity contribution in [2.24, 2.45) is 7.05 Å². The number of methoxy groups -OCH3 is 1. The highest BCUT2D eigenvalue weighted by molar-refractivity contribution is 7.90. The summed E-state index contributed by atoms with van der Waals surface area (Å²) in [4.78, 5) is 8.02. The third-order valence-electron chi connectivity index (χ3n) is 6.21. The first-order valence-corrected chi connectivity index (χ1v) is 12.1. The first kappa shape index (κ1) is 20.5. The van der Waals surface area contributed by atoms with Gasteiger partial charge in [-0.1, -0.05) is 17.7 Å². The molecule has 0 saturated carbocycles. The van der Waals surface area contributed by atoms with Crippen LogP contribution in [0.25, 0.3) is 44.1 Å². The summed E-state index contributed by atoms with van der Waals surface area (Å²) in [7, 11) is -0.522. The molecule has 0 aliphatic heterocycles. The quantitative estimate of drug-likeness (QED) is 0.405. The molecule has 0 unspecified atom stereocenters. The molecule has 0 aliphatic rings. The smallest absolute Gasteiger partial charge is 0.269 e. The van der Waals surface area contributed by atoms with Crippen molar-refractivity contribution in [1.82, 2.24) is 23.7 Å². The second kappa shape index (κ2) is 7.19. The molecule has 9 heteroatoms. The Morgan fingerprint density at radius 2 is 1.79 bits per heavy atom. The fraction of sp³-hybridized carbons (Fsp3) is 0.120. The lowest BCUT2D eigenvalue weighted by Gasteiger charge is -2.12. The summed E-state index contributed by atoms with van der Waals surface area (Å²) in [6.45, 7) is 1.92. The fourth-order valence-corrected chi connectivity index (χ4v) is 5.95. The van der Waals surface area contributed by atoms with E-state index in [1.54, 1.807) is 48.5 Å². The van der Waals surface area contributed by atoms with Crippen LogP contribution in [0.3, 0.4) is 0 Å². The maximum Gasteiger partial charge on any atom is 0.269 e. The number of aromatic amines is 1. The number of pyridine rings is 1. The number of hydrogen-bond donors (Lipinski definition) is 1. The number of aryl methyl sites for hydroxylation is 2. The highest BCUT2D eigenvalue weighted by atomic mass is 32.2. The van der Waals surface area contributed by atoms with Crippen molar-refractivity contribution in [2.75, 3.05) is 7.11 Å². The lowest BCUT2D eigenvalue weighted by molar-refractivity contribution is 0.415. The average molecular weight is 472 g/mol. The number of fused-ring (bicyclic) bond motifs is 4. The predicted octanol–water partition coefficient (Wildman–Crippen LogP) is 4.63. The second-order valence-electron chi connectivity index (χ2n) is 8.29. The van der Waals surface area contributed by atoms with E-state index in [2.05, 4.69) is 15.1 Å². The third kappa shape index (κ3) is 2.87. The summed E-state index contributed by atoms with van der Waals surface area (Å²) in [5, 5.41) is 6.74. The topological polar surface area (TPSA) is 94.8 Å². The van der Waals surface area contributed by atoms with Crippen molar-refractivity contribution in [3.05, 3.63) is 72.7 Å². The Labute approximate surface area is 195 Å². The van der Waals surface area contributed by atoms with Crippen molar-refractivity contribution >= 4 is 42.9 Å². The Bertz CT molecular complexity index is 1830. The van der Waals surface area contributed by atoms with E-state index in [0.717, 1.165) is 32.9 Å². The summed E-state index contributed by atoms with van der Waals surface area (Å²) in [6, 6.07) is 14.4. The van der Waals surface area contributed by atoms with Gasteiger partial charge in [-0.2, -0.15) is 5.10 Å². The molecule has 0 aliphatic carbocycles. The normalized spacial score (nSPS) is 12.2. The minimum absolute atomic E-state index is 0.196. The molecular weight excluding hydrogens is 450 g/mol. The summed E-state index contributed by atoms with van der Waals surface area (Å²) < 4.78 is 36.5. The van der Waals surface area contributed by atoms with Crippen LogP contribution in [0.5, 0.6) is 5.75 Å². The van der Waals surface area contributed by atoms with Crippen LogP contribution in [0.2, 0.25) is 0 Å². The summed E-state index contributed by atoms with van der Waals surface area (Å²) in [5.74, 6) is 0.685. The third-order valence-corrected chi connectivity index (χ3v) is 7.92. The SMILES string of the molecule is COc1ccc2[nH]cc(-c3cc4c5c(cnc4n3S(=O)(=O)c3ccc(C)cc3)cnn5C)c2c1. The molecule has 1 N–H and O–H groups in total. The van der Waals surface area contributed by atoms with Gasteiger partial charge < -0.3 is 9.72 Å². The fourth-order valence-electron chi connectivity index (χ4n) is 4.47. The highest BCUT2D eigenvalue weighted by Crippen LogP contribution is 2.38. The largest absolute Gasteiger partial charge is 0.497 e. The van der Waals surface area contributed by atoms with Crippen LogP contribution < -0.4 is 4.74 Å². The van der Waals surface area contributed by atoms with Crippen LogP contribution in [0, 0.1) is 6.92 Å². The minimum atomic E-state index is -3.97. The molecule has 34 heavy (non-hydrogen) atoms. The van der Waals surface area contributed by atoms with Crippen molar-refractivity contribution in [1.29, 1.82) is 0 Å². The molecule has 0 spiro atoms. The monoisotopic (exact) mass is 471 g/mol. The Hall–Kier alpha value is -4.11. The number of rotatable bonds is 4. The van der Waals surface area contributed by atoms with E-state index in [1.807, 2.05) is 44.4 Å².